The van der Waals surface area contributed by atoms with Crippen molar-refractivity contribution in [3.63, 3.8) is 0 Å². The molecule has 0 unspecified atom stereocenters. The third-order valence-electron chi connectivity index (χ3n) is 11.2. The van der Waals surface area contributed by atoms with E-state index in [-0.39, 0.29) is 46.9 Å². The summed E-state index contributed by atoms with van der Waals surface area (Å²) in [6.45, 7) is 1.74. The molecule has 12 heteroatoms. The van der Waals surface area contributed by atoms with Gasteiger partial charge in [-0.2, -0.15) is 0 Å². The van der Waals surface area contributed by atoms with E-state index in [1.54, 1.807) is 31.2 Å². The zero-order valence-corrected chi connectivity index (χ0v) is 30.3. The van der Waals surface area contributed by atoms with Crippen LogP contribution < -0.4 is 19.9 Å². The fourth-order valence-electron chi connectivity index (χ4n) is 8.82. The second-order valence-electron chi connectivity index (χ2n) is 13.9. The van der Waals surface area contributed by atoms with Gasteiger partial charge in [-0.3, -0.25) is 24.1 Å². The predicted molar refractivity (Wildman–Crippen MR) is 197 cm³/mol. The van der Waals surface area contributed by atoms with Gasteiger partial charge in [-0.15, -0.1) is 0 Å². The summed E-state index contributed by atoms with van der Waals surface area (Å²) >= 11 is 9.53. The van der Waals surface area contributed by atoms with Crippen LogP contribution in [0.3, 0.4) is 0 Å². The third-order valence-corrected chi connectivity index (χ3v) is 12.1. The second kappa shape index (κ2) is 12.6. The first-order valence-corrected chi connectivity index (χ1v) is 18.0. The van der Waals surface area contributed by atoms with Gasteiger partial charge in [0.2, 0.25) is 23.6 Å². The Morgan fingerprint density at radius 3 is 2.27 bits per heavy atom. The van der Waals surface area contributed by atoms with Crippen LogP contribution in [0.2, 0.25) is 5.02 Å². The number of rotatable bonds is 6. The molecule has 0 spiro atoms. The number of hydrogen-bond acceptors (Lipinski definition) is 7. The molecule has 0 aromatic heterocycles. The van der Waals surface area contributed by atoms with Gasteiger partial charge in [0.05, 0.1) is 51.1 Å². The number of nitrogens with one attached hydrogen (secondary N) is 1. The topological polar surface area (TPSA) is 116 Å². The van der Waals surface area contributed by atoms with Crippen molar-refractivity contribution in [1.29, 1.82) is 0 Å². The van der Waals surface area contributed by atoms with Crippen molar-refractivity contribution < 1.29 is 33.4 Å². The minimum atomic E-state index is -1.36. The summed E-state index contributed by atoms with van der Waals surface area (Å²) in [7, 11) is 1.41. The lowest BCUT2D eigenvalue weighted by atomic mass is 9.51. The molecule has 4 aromatic rings. The molecule has 8 rings (SSSR count). The first kappa shape index (κ1) is 34.1. The van der Waals surface area contributed by atoms with Crippen LogP contribution in [0.4, 0.5) is 27.1 Å². The molecule has 6 atom stereocenters. The summed E-state index contributed by atoms with van der Waals surface area (Å²) < 4.78 is 20.0. The van der Waals surface area contributed by atoms with Crippen molar-refractivity contribution in [2.75, 3.05) is 22.2 Å². The molecule has 264 valence electrons. The molecule has 52 heavy (non-hydrogen) atoms. The molecule has 2 N–H and O–H groups in total. The van der Waals surface area contributed by atoms with E-state index in [9.17, 15) is 28.7 Å². The highest BCUT2D eigenvalue weighted by molar-refractivity contribution is 9.10. The van der Waals surface area contributed by atoms with Crippen LogP contribution in [0.25, 0.3) is 0 Å². The Hall–Kier alpha value is -5.00. The molecular formula is C40H32BrClFN3O6. The molecule has 3 fully saturated rings. The molecule has 0 radical (unpaired) electrons. The smallest absolute Gasteiger partial charge is 0.241 e. The average molecular weight is 785 g/mol. The molecule has 1 saturated carbocycles. The first-order chi connectivity index (χ1) is 24.9. The monoisotopic (exact) mass is 783 g/mol. The molecule has 2 heterocycles. The quantitative estimate of drug-likeness (QED) is 0.150. The number of amides is 4. The van der Waals surface area contributed by atoms with Crippen molar-refractivity contribution in [3.8, 4) is 11.5 Å². The Balaban J connectivity index is 1.20. The van der Waals surface area contributed by atoms with Crippen LogP contribution in [0.5, 0.6) is 11.5 Å². The summed E-state index contributed by atoms with van der Waals surface area (Å²) in [5.74, 6) is -6.00. The Morgan fingerprint density at radius 2 is 1.58 bits per heavy atom. The lowest BCUT2D eigenvalue weighted by Gasteiger charge is -2.49. The van der Waals surface area contributed by atoms with Crippen LogP contribution >= 0.6 is 27.5 Å². The van der Waals surface area contributed by atoms with E-state index in [0.29, 0.717) is 15.7 Å². The Labute approximate surface area is 312 Å². The maximum Gasteiger partial charge on any atom is 0.241 e. The fraction of sp³-hybridized carbons (Fsp3) is 0.250. The highest BCUT2D eigenvalue weighted by Crippen LogP contribution is 2.64. The number of carbonyl (C=O) groups excluding carboxylic acids is 4. The number of phenolic OH excluding ortho intramolecular Hbond substituents is 1. The number of aromatic hydroxyl groups is 1. The van der Waals surface area contributed by atoms with Gasteiger partial charge in [0.25, 0.3) is 0 Å². The Bertz CT molecular complexity index is 2210. The van der Waals surface area contributed by atoms with E-state index in [0.717, 1.165) is 27.9 Å². The first-order valence-electron chi connectivity index (χ1n) is 16.8. The van der Waals surface area contributed by atoms with Gasteiger partial charge in [-0.05, 0) is 114 Å². The van der Waals surface area contributed by atoms with E-state index in [2.05, 4.69) is 21.2 Å². The minimum absolute atomic E-state index is 0.133. The number of imide groups is 2. The maximum absolute atomic E-state index is 14.7. The summed E-state index contributed by atoms with van der Waals surface area (Å²) in [6.07, 6.45) is 2.35. The number of para-hydroxylation sites is 1. The Kier molecular flexibility index (Phi) is 8.26. The zero-order chi connectivity index (χ0) is 36.6. The standard InChI is InChI=1S/C40H32BrClFN3O6/c1-40-28(37(49)46(39(40)51)24-12-15-31(43)30(42)18-24)19-27-25(34(40)20-16-29(41)35(47)32(17-20)52-2)13-14-26-33(27)38(50)45(36(26)48)23-10-8-22(9-11-23)44-21-6-4-3-5-7-21/h3-13,15-18,26-28,33-34,44,47H,14,19H2,1-2H3/t26-,27+,28-,33-,34-,40+/m0/s1. The van der Waals surface area contributed by atoms with Gasteiger partial charge in [-0.1, -0.05) is 41.4 Å². The van der Waals surface area contributed by atoms with Crippen LogP contribution in [0.15, 0.2) is 101 Å². The van der Waals surface area contributed by atoms with E-state index in [4.69, 9.17) is 16.3 Å². The molecule has 9 nitrogen and oxygen atoms in total. The van der Waals surface area contributed by atoms with Crippen molar-refractivity contribution in [1.82, 2.24) is 0 Å². The van der Waals surface area contributed by atoms with Gasteiger partial charge in [-0.25, -0.2) is 9.29 Å². The normalized spacial score (nSPS) is 26.6. The molecule has 2 aliphatic carbocycles. The number of benzene rings is 4. The average Bonchev–Trinajstić information content (AvgIpc) is 3.50. The number of nitrogens with zero attached hydrogens (tertiary/aromatic N) is 2. The second-order valence-corrected chi connectivity index (χ2v) is 15.1. The van der Waals surface area contributed by atoms with Gasteiger partial charge in [0, 0.05) is 17.3 Å². The summed E-state index contributed by atoms with van der Waals surface area (Å²) in [5, 5.41) is 13.8. The number of phenols is 1. The van der Waals surface area contributed by atoms with Crippen molar-refractivity contribution in [2.24, 2.45) is 29.1 Å². The summed E-state index contributed by atoms with van der Waals surface area (Å²) in [5.41, 5.74) is 2.26. The highest BCUT2D eigenvalue weighted by atomic mass is 79.9. The minimum Gasteiger partial charge on any atom is -0.503 e. The number of anilines is 4. The molecule has 0 bridgehead atoms. The van der Waals surface area contributed by atoms with Crippen LogP contribution in [-0.4, -0.2) is 35.8 Å². The lowest BCUT2D eigenvalue weighted by Crippen LogP contribution is -2.48. The van der Waals surface area contributed by atoms with E-state index in [1.807, 2.05) is 48.5 Å². The van der Waals surface area contributed by atoms with Crippen molar-refractivity contribution in [2.45, 2.75) is 25.7 Å². The van der Waals surface area contributed by atoms with E-state index in [1.165, 1.54) is 24.1 Å². The predicted octanol–water partition coefficient (Wildman–Crippen LogP) is 8.13. The number of carbonyl (C=O) groups is 4. The van der Waals surface area contributed by atoms with Gasteiger partial charge < -0.3 is 15.2 Å². The van der Waals surface area contributed by atoms with Gasteiger partial charge in [0.15, 0.2) is 11.5 Å². The number of fused-ring (bicyclic) bond motifs is 4. The third kappa shape index (κ3) is 5.08. The number of ether oxygens (including phenoxy) is 1. The van der Waals surface area contributed by atoms with E-state index < -0.39 is 52.6 Å². The lowest BCUT2D eigenvalue weighted by molar-refractivity contribution is -0.131. The Morgan fingerprint density at radius 1 is 0.885 bits per heavy atom. The van der Waals surface area contributed by atoms with Crippen molar-refractivity contribution in [3.05, 3.63) is 117 Å². The summed E-state index contributed by atoms with van der Waals surface area (Å²) in [6, 6.07) is 23.7. The van der Waals surface area contributed by atoms with Crippen LogP contribution in [0, 0.1) is 34.9 Å². The van der Waals surface area contributed by atoms with Crippen LogP contribution in [-0.2, 0) is 19.2 Å². The molecule has 2 saturated heterocycles. The number of hydrogen-bond donors (Lipinski definition) is 2. The maximum atomic E-state index is 14.7. The van der Waals surface area contributed by atoms with Crippen LogP contribution in [0.1, 0.15) is 31.2 Å². The molecule has 4 aromatic carbocycles. The largest absolute Gasteiger partial charge is 0.503 e. The SMILES string of the molecule is COc1cc([C@H]2C3=CC[C@@H]4C(=O)N(c5ccc(Nc6ccccc6)cc5)C(=O)[C@@H]4[C@@H]3C[C@H]3C(=O)N(c4ccc(F)c(Cl)c4)C(=O)[C@@]23C)cc(Br)c1O. The van der Waals surface area contributed by atoms with Gasteiger partial charge >= 0.3 is 0 Å². The number of halogens is 3. The zero-order valence-electron chi connectivity index (χ0n) is 28.0. The number of methoxy groups -OCH3 is 1. The molecular weight excluding hydrogens is 753 g/mol. The number of allylic oxidation sites excluding steroid dienone is 2. The molecule has 2 aliphatic heterocycles. The van der Waals surface area contributed by atoms with Crippen molar-refractivity contribution >= 4 is 73.9 Å². The highest BCUT2D eigenvalue weighted by Gasteiger charge is 2.67. The molecule has 4 amide bonds. The molecule has 4 aliphatic rings. The summed E-state index contributed by atoms with van der Waals surface area (Å²) in [4.78, 5) is 60.0. The fourth-order valence-corrected chi connectivity index (χ4v) is 9.45. The van der Waals surface area contributed by atoms with Gasteiger partial charge in [0.1, 0.15) is 5.82 Å². The van der Waals surface area contributed by atoms with E-state index >= 15 is 0 Å².